The molecule has 0 fully saturated rings. The quantitative estimate of drug-likeness (QED) is 0.859. The molecule has 3 heteroatoms. The van der Waals surface area contributed by atoms with E-state index in [2.05, 4.69) is 53.0 Å². The van der Waals surface area contributed by atoms with Crippen LogP contribution in [0.2, 0.25) is 0 Å². The van der Waals surface area contributed by atoms with E-state index in [1.807, 2.05) is 19.2 Å². The van der Waals surface area contributed by atoms with Crippen molar-refractivity contribution >= 4 is 0 Å². The Morgan fingerprint density at radius 1 is 1.16 bits per heavy atom. The molecule has 3 nitrogen and oxygen atoms in total. The predicted molar refractivity (Wildman–Crippen MR) is 79.5 cm³/mol. The van der Waals surface area contributed by atoms with E-state index in [1.165, 1.54) is 11.4 Å². The molecule has 0 saturated heterocycles. The summed E-state index contributed by atoms with van der Waals surface area (Å²) in [6.07, 6.45) is 4.29. The van der Waals surface area contributed by atoms with E-state index in [1.54, 1.807) is 0 Å². The van der Waals surface area contributed by atoms with Crippen molar-refractivity contribution in [2.75, 3.05) is 0 Å². The normalized spacial score (nSPS) is 11.2. The number of para-hydroxylation sites is 1. The number of nitrogens with zero attached hydrogens (tertiary/aromatic N) is 2. The highest BCUT2D eigenvalue weighted by molar-refractivity contribution is 5.35. The van der Waals surface area contributed by atoms with Gasteiger partial charge in [-0.25, -0.2) is 4.98 Å². The molecule has 1 aromatic heterocycles. The van der Waals surface area contributed by atoms with Crippen molar-refractivity contribution in [1.82, 2.24) is 14.9 Å². The van der Waals surface area contributed by atoms with Crippen LogP contribution in [-0.4, -0.2) is 15.6 Å². The summed E-state index contributed by atoms with van der Waals surface area (Å²) in [5.74, 6) is 1.03. The maximum atomic E-state index is 4.45. The van der Waals surface area contributed by atoms with Gasteiger partial charge in [0.2, 0.25) is 0 Å². The van der Waals surface area contributed by atoms with Crippen molar-refractivity contribution in [3.8, 4) is 5.69 Å². The fourth-order valence-electron chi connectivity index (χ4n) is 2.37. The van der Waals surface area contributed by atoms with E-state index in [0.717, 1.165) is 25.2 Å². The highest BCUT2D eigenvalue weighted by Crippen LogP contribution is 2.14. The lowest BCUT2D eigenvalue weighted by Crippen LogP contribution is -2.28. The molecular weight excluding hydrogens is 234 g/mol. The zero-order valence-electron chi connectivity index (χ0n) is 12.1. The van der Waals surface area contributed by atoms with Gasteiger partial charge in [0.25, 0.3) is 0 Å². The van der Waals surface area contributed by atoms with Gasteiger partial charge < -0.3 is 5.32 Å². The lowest BCUT2D eigenvalue weighted by Gasteiger charge is -2.16. The smallest absolute Gasteiger partial charge is 0.110 e. The van der Waals surface area contributed by atoms with E-state index in [9.17, 15) is 0 Å². The number of hydrogen-bond donors (Lipinski definition) is 1. The fraction of sp³-hybridized carbons (Fsp3) is 0.438. The molecule has 0 amide bonds. The van der Waals surface area contributed by atoms with Gasteiger partial charge >= 0.3 is 0 Å². The molecule has 0 aliphatic heterocycles. The molecule has 2 aromatic rings. The van der Waals surface area contributed by atoms with Crippen LogP contribution in [0.4, 0.5) is 0 Å². The van der Waals surface area contributed by atoms with Crippen LogP contribution in [0, 0.1) is 6.92 Å². The second-order valence-electron chi connectivity index (χ2n) is 4.86. The summed E-state index contributed by atoms with van der Waals surface area (Å²) in [6.45, 7) is 7.36. The Kier molecular flexibility index (Phi) is 4.74. The highest BCUT2D eigenvalue weighted by atomic mass is 15.1. The summed E-state index contributed by atoms with van der Waals surface area (Å²) >= 11 is 0. The fourth-order valence-corrected chi connectivity index (χ4v) is 2.37. The maximum Gasteiger partial charge on any atom is 0.110 e. The van der Waals surface area contributed by atoms with Crippen molar-refractivity contribution in [2.24, 2.45) is 0 Å². The third-order valence-corrected chi connectivity index (χ3v) is 3.58. The minimum Gasteiger partial charge on any atom is -0.308 e. The summed E-state index contributed by atoms with van der Waals surface area (Å²) in [4.78, 5) is 4.45. The second-order valence-corrected chi connectivity index (χ2v) is 4.86. The maximum absolute atomic E-state index is 4.45. The van der Waals surface area contributed by atoms with Crippen LogP contribution in [-0.2, 0) is 6.54 Å². The zero-order chi connectivity index (χ0) is 13.7. The lowest BCUT2D eigenvalue weighted by molar-refractivity contribution is 0.478. The third kappa shape index (κ3) is 3.24. The van der Waals surface area contributed by atoms with Gasteiger partial charge in [-0.3, -0.25) is 4.57 Å². The van der Waals surface area contributed by atoms with Gasteiger partial charge in [-0.1, -0.05) is 32.0 Å². The van der Waals surface area contributed by atoms with Crippen molar-refractivity contribution in [3.63, 3.8) is 0 Å². The first-order valence-corrected chi connectivity index (χ1v) is 7.08. The summed E-state index contributed by atoms with van der Waals surface area (Å²) in [7, 11) is 0. The molecule has 0 unspecified atom stereocenters. The first kappa shape index (κ1) is 13.8. The molecule has 2 rings (SSSR count). The van der Waals surface area contributed by atoms with E-state index in [4.69, 9.17) is 0 Å². The average molecular weight is 257 g/mol. The van der Waals surface area contributed by atoms with Crippen molar-refractivity contribution < 1.29 is 0 Å². The van der Waals surface area contributed by atoms with Gasteiger partial charge in [-0.2, -0.15) is 0 Å². The molecule has 0 aliphatic rings. The Bertz CT molecular complexity index is 498. The van der Waals surface area contributed by atoms with E-state index in [-0.39, 0.29) is 0 Å². The van der Waals surface area contributed by atoms with Crippen molar-refractivity contribution in [3.05, 3.63) is 48.0 Å². The molecule has 102 valence electrons. The summed E-state index contributed by atoms with van der Waals surface area (Å²) in [5.41, 5.74) is 2.40. The first-order chi connectivity index (χ1) is 9.26. The number of nitrogens with one attached hydrogen (secondary N) is 1. The molecule has 1 heterocycles. The molecule has 0 radical (unpaired) electrons. The molecule has 0 bridgehead atoms. The Morgan fingerprint density at radius 3 is 2.47 bits per heavy atom. The van der Waals surface area contributed by atoms with E-state index < -0.39 is 0 Å². The predicted octanol–water partition coefficient (Wildman–Crippen LogP) is 3.46. The van der Waals surface area contributed by atoms with Crippen molar-refractivity contribution in [1.29, 1.82) is 0 Å². The number of rotatable bonds is 6. The standard InChI is InChI=1S/C16H23N3/c1-4-14(5-2)18-12-16-11-17-13(3)19(16)15-9-7-6-8-10-15/h6-11,14,18H,4-5,12H2,1-3H3. The van der Waals surface area contributed by atoms with Crippen LogP contribution < -0.4 is 5.32 Å². The second kappa shape index (κ2) is 6.53. The van der Waals surface area contributed by atoms with Gasteiger partial charge in [-0.15, -0.1) is 0 Å². The molecule has 0 aliphatic carbocycles. The van der Waals surface area contributed by atoms with E-state index in [0.29, 0.717) is 6.04 Å². The zero-order valence-corrected chi connectivity index (χ0v) is 12.1. The Hall–Kier alpha value is -1.61. The van der Waals surface area contributed by atoms with Crippen LogP contribution in [0.1, 0.15) is 38.2 Å². The van der Waals surface area contributed by atoms with Crippen molar-refractivity contribution in [2.45, 2.75) is 46.2 Å². The largest absolute Gasteiger partial charge is 0.308 e. The molecule has 1 aromatic carbocycles. The van der Waals surface area contributed by atoms with E-state index >= 15 is 0 Å². The van der Waals surface area contributed by atoms with Gasteiger partial charge in [-0.05, 0) is 31.9 Å². The van der Waals surface area contributed by atoms with Crippen LogP contribution in [0.15, 0.2) is 36.5 Å². The molecule has 0 saturated carbocycles. The van der Waals surface area contributed by atoms with Gasteiger partial charge in [0.05, 0.1) is 11.9 Å². The number of imidazole rings is 1. The number of benzene rings is 1. The Balaban J connectivity index is 2.19. The SMILES string of the molecule is CCC(CC)NCc1cnc(C)n1-c1ccccc1. The number of aromatic nitrogens is 2. The topological polar surface area (TPSA) is 29.9 Å². The number of hydrogen-bond acceptors (Lipinski definition) is 2. The van der Waals surface area contributed by atoms with Crippen LogP contribution in [0.5, 0.6) is 0 Å². The highest BCUT2D eigenvalue weighted by Gasteiger charge is 2.10. The summed E-state index contributed by atoms with van der Waals surface area (Å²) in [6, 6.07) is 11.0. The Morgan fingerprint density at radius 2 is 1.84 bits per heavy atom. The molecular formula is C16H23N3. The minimum atomic E-state index is 0.583. The third-order valence-electron chi connectivity index (χ3n) is 3.58. The van der Waals surface area contributed by atoms with Crippen LogP contribution >= 0.6 is 0 Å². The minimum absolute atomic E-state index is 0.583. The van der Waals surface area contributed by atoms with Crippen LogP contribution in [0.3, 0.4) is 0 Å². The van der Waals surface area contributed by atoms with Gasteiger partial charge in [0.1, 0.15) is 5.82 Å². The Labute approximate surface area is 115 Å². The molecule has 0 atom stereocenters. The first-order valence-electron chi connectivity index (χ1n) is 7.08. The lowest BCUT2D eigenvalue weighted by atomic mass is 10.2. The monoisotopic (exact) mass is 257 g/mol. The average Bonchev–Trinajstić information content (AvgIpc) is 2.82. The van der Waals surface area contributed by atoms with Crippen LogP contribution in [0.25, 0.3) is 5.69 Å². The van der Waals surface area contributed by atoms with Gasteiger partial charge in [0.15, 0.2) is 0 Å². The molecule has 19 heavy (non-hydrogen) atoms. The molecule has 1 N–H and O–H groups in total. The van der Waals surface area contributed by atoms with Gasteiger partial charge in [0, 0.05) is 18.3 Å². The summed E-state index contributed by atoms with van der Waals surface area (Å²) < 4.78 is 2.22. The molecule has 0 spiro atoms. The number of aryl methyl sites for hydroxylation is 1. The summed E-state index contributed by atoms with van der Waals surface area (Å²) in [5, 5.41) is 3.60.